The van der Waals surface area contributed by atoms with Gasteiger partial charge in [0.05, 0.1) is 4.92 Å². The highest BCUT2D eigenvalue weighted by molar-refractivity contribution is 5.39. The molecule has 1 aromatic heterocycles. The molecule has 0 amide bonds. The SMILES string of the molecule is O=[N+]([O-])c1cccnc1OCC(F)(F)C(F)F. The molecule has 94 valence electrons. The van der Waals surface area contributed by atoms with Crippen LogP contribution in [0.2, 0.25) is 0 Å². The van der Waals surface area contributed by atoms with Gasteiger partial charge in [0.25, 0.3) is 5.88 Å². The van der Waals surface area contributed by atoms with Gasteiger partial charge in [0.2, 0.25) is 0 Å². The Morgan fingerprint density at radius 1 is 1.53 bits per heavy atom. The number of hydrogen-bond donors (Lipinski definition) is 0. The number of pyridine rings is 1. The maximum absolute atomic E-state index is 12.5. The summed E-state index contributed by atoms with van der Waals surface area (Å²) in [6.45, 7) is -1.68. The van der Waals surface area contributed by atoms with E-state index in [-0.39, 0.29) is 0 Å². The number of halogens is 4. The van der Waals surface area contributed by atoms with E-state index in [1.165, 1.54) is 6.07 Å². The summed E-state index contributed by atoms with van der Waals surface area (Å²) in [5, 5.41) is 10.4. The lowest BCUT2D eigenvalue weighted by Crippen LogP contribution is -2.34. The van der Waals surface area contributed by atoms with Crippen molar-refractivity contribution in [3.05, 3.63) is 28.4 Å². The van der Waals surface area contributed by atoms with Gasteiger partial charge in [-0.2, -0.15) is 8.78 Å². The lowest BCUT2D eigenvalue weighted by molar-refractivity contribution is -0.386. The molecular weight excluding hydrogens is 248 g/mol. The van der Waals surface area contributed by atoms with Gasteiger partial charge in [0.1, 0.15) is 0 Å². The molecule has 0 aliphatic rings. The molecule has 0 saturated carbocycles. The van der Waals surface area contributed by atoms with Crippen molar-refractivity contribution in [2.24, 2.45) is 0 Å². The van der Waals surface area contributed by atoms with E-state index in [4.69, 9.17) is 0 Å². The van der Waals surface area contributed by atoms with Crippen LogP contribution >= 0.6 is 0 Å². The molecule has 1 aromatic rings. The fraction of sp³-hybridized carbons (Fsp3) is 0.375. The summed E-state index contributed by atoms with van der Waals surface area (Å²) in [5.41, 5.74) is -0.669. The van der Waals surface area contributed by atoms with Crippen molar-refractivity contribution in [3.8, 4) is 5.88 Å². The van der Waals surface area contributed by atoms with Crippen LogP contribution in [0, 0.1) is 10.1 Å². The minimum Gasteiger partial charge on any atom is -0.466 e. The second kappa shape index (κ2) is 4.93. The molecule has 0 unspecified atom stereocenters. The summed E-state index contributed by atoms with van der Waals surface area (Å²) in [6, 6.07) is 2.15. The fourth-order valence-electron chi connectivity index (χ4n) is 0.860. The first kappa shape index (κ1) is 13.1. The molecule has 0 aliphatic carbocycles. The number of nitro groups is 1. The second-order valence-corrected chi connectivity index (χ2v) is 2.94. The van der Waals surface area contributed by atoms with Crippen molar-refractivity contribution in [3.63, 3.8) is 0 Å². The van der Waals surface area contributed by atoms with E-state index in [2.05, 4.69) is 9.72 Å². The first-order valence-electron chi connectivity index (χ1n) is 4.23. The zero-order chi connectivity index (χ0) is 13.1. The number of alkyl halides is 4. The molecule has 0 bridgehead atoms. The van der Waals surface area contributed by atoms with Crippen molar-refractivity contribution < 1.29 is 27.2 Å². The van der Waals surface area contributed by atoms with Gasteiger partial charge in [-0.1, -0.05) is 0 Å². The van der Waals surface area contributed by atoms with Gasteiger partial charge in [0.15, 0.2) is 6.61 Å². The van der Waals surface area contributed by atoms with E-state index in [1.54, 1.807) is 0 Å². The third-order valence-electron chi connectivity index (χ3n) is 1.67. The second-order valence-electron chi connectivity index (χ2n) is 2.94. The Morgan fingerprint density at radius 2 is 2.18 bits per heavy atom. The Morgan fingerprint density at radius 3 is 2.71 bits per heavy atom. The minimum atomic E-state index is -4.38. The summed E-state index contributed by atoms with van der Waals surface area (Å²) in [5.74, 6) is -5.11. The molecule has 0 aromatic carbocycles. The van der Waals surface area contributed by atoms with E-state index < -0.39 is 35.4 Å². The monoisotopic (exact) mass is 254 g/mol. The van der Waals surface area contributed by atoms with Crippen molar-refractivity contribution in [2.45, 2.75) is 12.3 Å². The Bertz CT molecular complexity index is 414. The van der Waals surface area contributed by atoms with Gasteiger partial charge in [-0.15, -0.1) is 0 Å². The van der Waals surface area contributed by atoms with Crippen molar-refractivity contribution in [1.29, 1.82) is 0 Å². The number of hydrogen-bond acceptors (Lipinski definition) is 4. The Kier molecular flexibility index (Phi) is 3.81. The van der Waals surface area contributed by atoms with Gasteiger partial charge in [-0.25, -0.2) is 13.8 Å². The number of ether oxygens (including phenoxy) is 1. The number of nitrogens with zero attached hydrogens (tertiary/aromatic N) is 2. The van der Waals surface area contributed by atoms with Gasteiger partial charge in [0, 0.05) is 12.3 Å². The summed E-state index contributed by atoms with van der Waals surface area (Å²) in [6.07, 6.45) is -2.85. The molecular formula is C8H6F4N2O3. The van der Waals surface area contributed by atoms with E-state index in [1.807, 2.05) is 0 Å². The van der Waals surface area contributed by atoms with Crippen LogP contribution in [0.4, 0.5) is 23.2 Å². The maximum Gasteiger partial charge on any atom is 0.340 e. The number of rotatable bonds is 5. The smallest absolute Gasteiger partial charge is 0.340 e. The van der Waals surface area contributed by atoms with Crippen LogP contribution in [0.3, 0.4) is 0 Å². The van der Waals surface area contributed by atoms with Crippen LogP contribution < -0.4 is 4.74 Å². The lowest BCUT2D eigenvalue weighted by Gasteiger charge is -2.15. The van der Waals surface area contributed by atoms with Crippen LogP contribution in [0.5, 0.6) is 5.88 Å². The molecule has 1 heterocycles. The molecule has 5 nitrogen and oxygen atoms in total. The summed E-state index contributed by atoms with van der Waals surface area (Å²) >= 11 is 0. The Hall–Kier alpha value is -1.93. The number of aromatic nitrogens is 1. The summed E-state index contributed by atoms with van der Waals surface area (Å²) in [7, 11) is 0. The third-order valence-corrected chi connectivity index (χ3v) is 1.67. The molecule has 0 spiro atoms. The predicted molar refractivity (Wildman–Crippen MR) is 47.3 cm³/mol. The standard InChI is InChI=1S/C8H6F4N2O3/c9-7(10)8(11,12)4-17-6-5(14(15)16)2-1-3-13-6/h1-3,7H,4H2. The van der Waals surface area contributed by atoms with Crippen molar-refractivity contribution >= 4 is 5.69 Å². The Balaban J connectivity index is 2.79. The van der Waals surface area contributed by atoms with Gasteiger partial charge >= 0.3 is 18.0 Å². The first-order chi connectivity index (χ1) is 7.84. The van der Waals surface area contributed by atoms with Crippen molar-refractivity contribution in [1.82, 2.24) is 4.98 Å². The highest BCUT2D eigenvalue weighted by Crippen LogP contribution is 2.27. The molecule has 0 fully saturated rings. The van der Waals surface area contributed by atoms with Crippen LogP contribution in [-0.2, 0) is 0 Å². The van der Waals surface area contributed by atoms with Crippen molar-refractivity contribution in [2.75, 3.05) is 6.61 Å². The van der Waals surface area contributed by atoms with E-state index in [9.17, 15) is 27.7 Å². The Labute approximate surface area is 92.2 Å². The summed E-state index contributed by atoms with van der Waals surface area (Å²) in [4.78, 5) is 12.8. The van der Waals surface area contributed by atoms with Crippen LogP contribution in [0.1, 0.15) is 0 Å². The van der Waals surface area contributed by atoms with E-state index in [0.717, 1.165) is 12.3 Å². The third kappa shape index (κ3) is 3.26. The molecule has 9 heteroatoms. The molecule has 0 atom stereocenters. The first-order valence-corrected chi connectivity index (χ1v) is 4.23. The molecule has 0 aliphatic heterocycles. The summed E-state index contributed by atoms with van der Waals surface area (Å²) < 4.78 is 52.8. The zero-order valence-electron chi connectivity index (χ0n) is 8.15. The van der Waals surface area contributed by atoms with Crippen LogP contribution in [0.25, 0.3) is 0 Å². The highest BCUT2D eigenvalue weighted by atomic mass is 19.3. The maximum atomic E-state index is 12.5. The quantitative estimate of drug-likeness (QED) is 0.459. The van der Waals surface area contributed by atoms with E-state index >= 15 is 0 Å². The van der Waals surface area contributed by atoms with Crippen LogP contribution in [-0.4, -0.2) is 28.9 Å². The highest BCUT2D eigenvalue weighted by Gasteiger charge is 2.42. The molecule has 0 radical (unpaired) electrons. The van der Waals surface area contributed by atoms with Crippen LogP contribution in [0.15, 0.2) is 18.3 Å². The fourth-order valence-corrected chi connectivity index (χ4v) is 0.860. The van der Waals surface area contributed by atoms with E-state index in [0.29, 0.717) is 0 Å². The van der Waals surface area contributed by atoms with Gasteiger partial charge in [-0.3, -0.25) is 10.1 Å². The van der Waals surface area contributed by atoms with Gasteiger partial charge in [-0.05, 0) is 6.07 Å². The minimum absolute atomic E-state index is 0.669. The molecule has 0 saturated heterocycles. The van der Waals surface area contributed by atoms with Gasteiger partial charge < -0.3 is 4.74 Å². The predicted octanol–water partition coefficient (Wildman–Crippen LogP) is 2.27. The topological polar surface area (TPSA) is 65.3 Å². The zero-order valence-corrected chi connectivity index (χ0v) is 8.15. The average molecular weight is 254 g/mol. The molecule has 0 N–H and O–H groups in total. The normalized spacial score (nSPS) is 11.6. The largest absolute Gasteiger partial charge is 0.466 e. The lowest BCUT2D eigenvalue weighted by atomic mass is 10.4. The molecule has 17 heavy (non-hydrogen) atoms. The average Bonchev–Trinajstić information content (AvgIpc) is 2.26. The molecule has 1 rings (SSSR count).